The lowest BCUT2D eigenvalue weighted by molar-refractivity contribution is 0.171. The lowest BCUT2D eigenvalue weighted by Gasteiger charge is -2.22. The van der Waals surface area contributed by atoms with Crippen molar-refractivity contribution in [2.24, 2.45) is 0 Å². The molecule has 0 fully saturated rings. The number of fused-ring (bicyclic) bond motifs is 1. The van der Waals surface area contributed by atoms with Crippen molar-refractivity contribution in [3.63, 3.8) is 0 Å². The molecular formula is C16H20N2O3. The topological polar surface area (TPSA) is 56.5 Å². The highest BCUT2D eigenvalue weighted by Gasteiger charge is 2.18. The van der Waals surface area contributed by atoms with Crippen molar-refractivity contribution in [2.45, 2.75) is 32.9 Å². The van der Waals surface area contributed by atoms with Gasteiger partial charge >= 0.3 is 0 Å². The van der Waals surface area contributed by atoms with E-state index in [1.54, 1.807) is 6.20 Å². The normalized spacial score (nSPS) is 16.5. The summed E-state index contributed by atoms with van der Waals surface area (Å²) >= 11 is 0. The highest BCUT2D eigenvalue weighted by molar-refractivity contribution is 5.44. The second-order valence-electron chi connectivity index (χ2n) is 5.32. The molecule has 1 aliphatic heterocycles. The number of hydrogen-bond donors (Lipinski definition) is 1. The SMILES string of the molecule is Cc1cnc(C(C)NC(C)c2ccc3c(c2)OCCO3)o1. The Labute approximate surface area is 124 Å². The van der Waals surface area contributed by atoms with Crippen LogP contribution in [0.4, 0.5) is 0 Å². The fourth-order valence-electron chi connectivity index (χ4n) is 2.44. The number of oxazole rings is 1. The van der Waals surface area contributed by atoms with Crippen LogP contribution in [-0.2, 0) is 0 Å². The van der Waals surface area contributed by atoms with Crippen LogP contribution in [0.2, 0.25) is 0 Å². The number of ether oxygens (including phenoxy) is 2. The van der Waals surface area contributed by atoms with E-state index in [0.717, 1.165) is 22.8 Å². The molecule has 0 spiro atoms. The molecule has 1 aliphatic rings. The van der Waals surface area contributed by atoms with Gasteiger partial charge in [0, 0.05) is 6.04 Å². The summed E-state index contributed by atoms with van der Waals surface area (Å²) in [7, 11) is 0. The van der Waals surface area contributed by atoms with E-state index in [4.69, 9.17) is 13.9 Å². The zero-order chi connectivity index (χ0) is 14.8. The Morgan fingerprint density at radius 3 is 2.57 bits per heavy atom. The lowest BCUT2D eigenvalue weighted by Crippen LogP contribution is -2.23. The highest BCUT2D eigenvalue weighted by Crippen LogP contribution is 2.33. The van der Waals surface area contributed by atoms with Crippen molar-refractivity contribution in [3.05, 3.63) is 41.6 Å². The summed E-state index contributed by atoms with van der Waals surface area (Å²) in [5, 5.41) is 3.48. The molecular weight excluding hydrogens is 268 g/mol. The Balaban J connectivity index is 1.71. The van der Waals surface area contributed by atoms with E-state index in [-0.39, 0.29) is 12.1 Å². The van der Waals surface area contributed by atoms with Crippen molar-refractivity contribution < 1.29 is 13.9 Å². The first-order valence-corrected chi connectivity index (χ1v) is 7.21. The van der Waals surface area contributed by atoms with Gasteiger partial charge in [0.15, 0.2) is 11.5 Å². The molecule has 0 bridgehead atoms. The van der Waals surface area contributed by atoms with Gasteiger partial charge < -0.3 is 13.9 Å². The molecule has 0 saturated carbocycles. The van der Waals surface area contributed by atoms with Gasteiger partial charge in [-0.15, -0.1) is 0 Å². The first-order valence-electron chi connectivity index (χ1n) is 7.21. The Bertz CT molecular complexity index is 624. The van der Waals surface area contributed by atoms with Crippen molar-refractivity contribution in [1.29, 1.82) is 0 Å². The standard InChI is InChI=1S/C16H20N2O3/c1-10-9-17-16(21-10)12(3)18-11(2)13-4-5-14-15(8-13)20-7-6-19-14/h4-5,8-9,11-12,18H,6-7H2,1-3H3. The number of aromatic nitrogens is 1. The Kier molecular flexibility index (Phi) is 3.84. The molecule has 0 saturated heterocycles. The summed E-state index contributed by atoms with van der Waals surface area (Å²) in [5.41, 5.74) is 1.15. The minimum absolute atomic E-state index is 0.0434. The van der Waals surface area contributed by atoms with E-state index in [0.29, 0.717) is 19.1 Å². The second-order valence-corrected chi connectivity index (χ2v) is 5.32. The first-order chi connectivity index (χ1) is 10.1. The van der Waals surface area contributed by atoms with Crippen LogP contribution in [-0.4, -0.2) is 18.2 Å². The average Bonchev–Trinajstić information content (AvgIpc) is 2.93. The monoisotopic (exact) mass is 288 g/mol. The fraction of sp³-hybridized carbons (Fsp3) is 0.438. The molecule has 1 aromatic heterocycles. The molecule has 3 rings (SSSR count). The highest BCUT2D eigenvalue weighted by atomic mass is 16.6. The summed E-state index contributed by atoms with van der Waals surface area (Å²) in [6.45, 7) is 7.26. The average molecular weight is 288 g/mol. The van der Waals surface area contributed by atoms with Gasteiger partial charge in [0.05, 0.1) is 12.2 Å². The third-order valence-electron chi connectivity index (χ3n) is 3.58. The summed E-state index contributed by atoms with van der Waals surface area (Å²) in [6, 6.07) is 6.24. The van der Waals surface area contributed by atoms with Crippen molar-refractivity contribution in [1.82, 2.24) is 10.3 Å². The largest absolute Gasteiger partial charge is 0.486 e. The number of nitrogens with zero attached hydrogens (tertiary/aromatic N) is 1. The molecule has 2 atom stereocenters. The minimum Gasteiger partial charge on any atom is -0.486 e. The molecule has 2 heterocycles. The fourth-order valence-corrected chi connectivity index (χ4v) is 2.44. The number of rotatable bonds is 4. The number of aryl methyl sites for hydroxylation is 1. The van der Waals surface area contributed by atoms with Crippen LogP contribution >= 0.6 is 0 Å². The molecule has 0 radical (unpaired) electrons. The predicted molar refractivity (Wildman–Crippen MR) is 78.6 cm³/mol. The Hall–Kier alpha value is -2.01. The van der Waals surface area contributed by atoms with Crippen LogP contribution < -0.4 is 14.8 Å². The summed E-state index contributed by atoms with van der Waals surface area (Å²) in [4.78, 5) is 4.26. The van der Waals surface area contributed by atoms with Gasteiger partial charge in [-0.2, -0.15) is 0 Å². The summed E-state index contributed by atoms with van der Waals surface area (Å²) in [6.07, 6.45) is 1.74. The lowest BCUT2D eigenvalue weighted by atomic mass is 10.1. The molecule has 21 heavy (non-hydrogen) atoms. The Morgan fingerprint density at radius 1 is 1.10 bits per heavy atom. The van der Waals surface area contributed by atoms with Crippen LogP contribution in [0.15, 0.2) is 28.8 Å². The van der Waals surface area contributed by atoms with Crippen molar-refractivity contribution in [3.8, 4) is 11.5 Å². The zero-order valence-electron chi connectivity index (χ0n) is 12.6. The smallest absolute Gasteiger partial charge is 0.211 e. The molecule has 1 aromatic carbocycles. The van der Waals surface area contributed by atoms with E-state index in [1.165, 1.54) is 0 Å². The van der Waals surface area contributed by atoms with E-state index in [1.807, 2.05) is 26.0 Å². The van der Waals surface area contributed by atoms with Gasteiger partial charge in [-0.3, -0.25) is 5.32 Å². The maximum absolute atomic E-state index is 5.62. The molecule has 5 heteroatoms. The first kappa shape index (κ1) is 13.9. The molecule has 2 unspecified atom stereocenters. The molecule has 0 amide bonds. The number of benzene rings is 1. The van der Waals surface area contributed by atoms with Gasteiger partial charge in [0.1, 0.15) is 19.0 Å². The van der Waals surface area contributed by atoms with Crippen LogP contribution in [0, 0.1) is 6.92 Å². The molecule has 112 valence electrons. The second kappa shape index (κ2) is 5.77. The Morgan fingerprint density at radius 2 is 1.86 bits per heavy atom. The molecule has 1 N–H and O–H groups in total. The molecule has 2 aromatic rings. The van der Waals surface area contributed by atoms with Gasteiger partial charge in [-0.25, -0.2) is 4.98 Å². The van der Waals surface area contributed by atoms with E-state index in [2.05, 4.69) is 23.3 Å². The molecule has 0 aliphatic carbocycles. The van der Waals surface area contributed by atoms with Crippen LogP contribution in [0.1, 0.15) is 43.1 Å². The van der Waals surface area contributed by atoms with Crippen LogP contribution in [0.3, 0.4) is 0 Å². The van der Waals surface area contributed by atoms with Crippen LogP contribution in [0.25, 0.3) is 0 Å². The van der Waals surface area contributed by atoms with Gasteiger partial charge in [-0.05, 0) is 38.5 Å². The van der Waals surface area contributed by atoms with E-state index < -0.39 is 0 Å². The quantitative estimate of drug-likeness (QED) is 0.936. The van der Waals surface area contributed by atoms with Crippen molar-refractivity contribution >= 4 is 0 Å². The van der Waals surface area contributed by atoms with Gasteiger partial charge in [0.25, 0.3) is 0 Å². The summed E-state index contributed by atoms with van der Waals surface area (Å²) < 4.78 is 16.7. The van der Waals surface area contributed by atoms with Gasteiger partial charge in [-0.1, -0.05) is 6.07 Å². The molecule has 5 nitrogen and oxygen atoms in total. The van der Waals surface area contributed by atoms with Gasteiger partial charge in [0.2, 0.25) is 5.89 Å². The maximum Gasteiger partial charge on any atom is 0.211 e. The summed E-state index contributed by atoms with van der Waals surface area (Å²) in [5.74, 6) is 3.16. The zero-order valence-corrected chi connectivity index (χ0v) is 12.6. The third-order valence-corrected chi connectivity index (χ3v) is 3.58. The van der Waals surface area contributed by atoms with E-state index >= 15 is 0 Å². The minimum atomic E-state index is 0.0434. The number of hydrogen-bond acceptors (Lipinski definition) is 5. The van der Waals surface area contributed by atoms with Crippen LogP contribution in [0.5, 0.6) is 11.5 Å². The van der Waals surface area contributed by atoms with Crippen molar-refractivity contribution in [2.75, 3.05) is 13.2 Å². The number of nitrogens with one attached hydrogen (secondary N) is 1. The third kappa shape index (κ3) is 3.03. The maximum atomic E-state index is 5.62. The predicted octanol–water partition coefficient (Wildman–Crippen LogP) is 3.17. The van der Waals surface area contributed by atoms with E-state index in [9.17, 15) is 0 Å².